The van der Waals surface area contributed by atoms with Crippen molar-refractivity contribution in [3.63, 3.8) is 0 Å². The second-order valence-electron chi connectivity index (χ2n) is 5.01. The van der Waals surface area contributed by atoms with Crippen LogP contribution in [0.5, 0.6) is 0 Å². The van der Waals surface area contributed by atoms with E-state index in [0.29, 0.717) is 28.3 Å². The molecule has 20 heavy (non-hydrogen) atoms. The highest BCUT2D eigenvalue weighted by Gasteiger charge is 2.29. The second kappa shape index (κ2) is 5.93. The van der Waals surface area contributed by atoms with Crippen molar-refractivity contribution in [3.05, 3.63) is 41.8 Å². The molecule has 1 aliphatic rings. The van der Waals surface area contributed by atoms with Crippen molar-refractivity contribution >= 4 is 11.8 Å². The molecule has 0 radical (unpaired) electrons. The van der Waals surface area contributed by atoms with Crippen LogP contribution in [0, 0.1) is 11.7 Å². The summed E-state index contributed by atoms with van der Waals surface area (Å²) in [5, 5.41) is 7.30. The van der Waals surface area contributed by atoms with Gasteiger partial charge in [-0.15, -0.1) is 11.8 Å². The van der Waals surface area contributed by atoms with Gasteiger partial charge in [0.2, 0.25) is 5.89 Å². The Morgan fingerprint density at radius 3 is 3.00 bits per heavy atom. The van der Waals surface area contributed by atoms with Crippen LogP contribution in [0.4, 0.5) is 4.39 Å². The van der Waals surface area contributed by atoms with Gasteiger partial charge in [0.25, 0.3) is 0 Å². The minimum Gasteiger partial charge on any atom is -0.339 e. The molecule has 0 aliphatic carbocycles. The molecular weight excluding hydrogens is 277 g/mol. The molecule has 0 spiro atoms. The van der Waals surface area contributed by atoms with Gasteiger partial charge in [-0.3, -0.25) is 0 Å². The maximum atomic E-state index is 13.5. The number of nitrogens with one attached hydrogen (secondary N) is 1. The topological polar surface area (TPSA) is 51.0 Å². The molecule has 0 unspecified atom stereocenters. The Labute approximate surface area is 121 Å². The van der Waals surface area contributed by atoms with E-state index in [1.807, 2.05) is 6.07 Å². The van der Waals surface area contributed by atoms with E-state index >= 15 is 0 Å². The molecule has 6 heteroatoms. The maximum Gasteiger partial charge on any atom is 0.231 e. The van der Waals surface area contributed by atoms with Gasteiger partial charge in [-0.05, 0) is 24.6 Å². The monoisotopic (exact) mass is 293 g/mol. The van der Waals surface area contributed by atoms with Gasteiger partial charge in [0.05, 0.1) is 11.7 Å². The fraction of sp³-hybridized carbons (Fsp3) is 0.429. The van der Waals surface area contributed by atoms with E-state index in [4.69, 9.17) is 4.52 Å². The Kier molecular flexibility index (Phi) is 4.03. The average molecular weight is 293 g/mol. The third kappa shape index (κ3) is 2.86. The Hall–Kier alpha value is -1.40. The van der Waals surface area contributed by atoms with Crippen LogP contribution in [0.15, 0.2) is 33.7 Å². The quantitative estimate of drug-likeness (QED) is 0.879. The number of hydrogen-bond donors (Lipinski definition) is 1. The second-order valence-corrected chi connectivity index (χ2v) is 6.03. The summed E-state index contributed by atoms with van der Waals surface area (Å²) >= 11 is 1.38. The number of halogens is 1. The van der Waals surface area contributed by atoms with Crippen LogP contribution in [0.2, 0.25) is 0 Å². The van der Waals surface area contributed by atoms with E-state index in [0.717, 1.165) is 13.1 Å². The van der Waals surface area contributed by atoms with Gasteiger partial charge in [0.15, 0.2) is 5.82 Å². The smallest absolute Gasteiger partial charge is 0.231 e. The average Bonchev–Trinajstić information content (AvgIpc) is 3.06. The fourth-order valence-electron chi connectivity index (χ4n) is 2.32. The zero-order valence-electron chi connectivity index (χ0n) is 11.2. The molecule has 2 aromatic rings. The molecule has 1 N–H and O–H groups in total. The maximum absolute atomic E-state index is 13.5. The molecular formula is C14H16FN3OS. The molecule has 1 aromatic heterocycles. The van der Waals surface area contributed by atoms with Crippen LogP contribution in [-0.2, 0) is 5.75 Å². The number of thioether (sulfide) groups is 1. The molecule has 0 bridgehead atoms. The van der Waals surface area contributed by atoms with Gasteiger partial charge >= 0.3 is 0 Å². The summed E-state index contributed by atoms with van der Waals surface area (Å²) < 4.78 is 18.8. The molecule has 2 heterocycles. The predicted octanol–water partition coefficient (Wildman–Crippen LogP) is 2.82. The van der Waals surface area contributed by atoms with Crippen molar-refractivity contribution < 1.29 is 8.91 Å². The predicted molar refractivity (Wildman–Crippen MR) is 75.0 cm³/mol. The molecule has 1 fully saturated rings. The number of hydrogen-bond acceptors (Lipinski definition) is 5. The highest BCUT2D eigenvalue weighted by Crippen LogP contribution is 2.28. The van der Waals surface area contributed by atoms with Gasteiger partial charge < -0.3 is 9.84 Å². The van der Waals surface area contributed by atoms with Crippen LogP contribution in [-0.4, -0.2) is 23.2 Å². The normalized spacial score (nSPS) is 22.3. The minimum atomic E-state index is -0.213. The highest BCUT2D eigenvalue weighted by molar-refractivity contribution is 7.98. The third-order valence-electron chi connectivity index (χ3n) is 3.51. The lowest BCUT2D eigenvalue weighted by molar-refractivity contribution is 0.337. The number of rotatable bonds is 4. The van der Waals surface area contributed by atoms with E-state index in [2.05, 4.69) is 22.4 Å². The van der Waals surface area contributed by atoms with Crippen LogP contribution in [0.25, 0.3) is 0 Å². The molecule has 2 atom stereocenters. The summed E-state index contributed by atoms with van der Waals surface area (Å²) in [6.07, 6.45) is 0. The summed E-state index contributed by atoms with van der Waals surface area (Å²) in [5.41, 5.74) is 0. The molecule has 0 amide bonds. The van der Waals surface area contributed by atoms with Gasteiger partial charge in [0.1, 0.15) is 5.82 Å². The zero-order valence-corrected chi connectivity index (χ0v) is 12.0. The first-order valence-electron chi connectivity index (χ1n) is 6.64. The van der Waals surface area contributed by atoms with Crippen molar-refractivity contribution in [1.82, 2.24) is 15.5 Å². The SMILES string of the molecule is C[C@@H]1CNC[C@H]1c1nc(CSc2ccccc2F)no1. The Morgan fingerprint density at radius 1 is 1.40 bits per heavy atom. The lowest BCUT2D eigenvalue weighted by Crippen LogP contribution is -2.08. The van der Waals surface area contributed by atoms with Gasteiger partial charge in [-0.2, -0.15) is 4.98 Å². The molecule has 3 rings (SSSR count). The summed E-state index contributed by atoms with van der Waals surface area (Å²) in [4.78, 5) is 5.03. The number of aromatic nitrogens is 2. The summed E-state index contributed by atoms with van der Waals surface area (Å²) in [7, 11) is 0. The Bertz CT molecular complexity index is 589. The van der Waals surface area contributed by atoms with E-state index < -0.39 is 0 Å². The number of benzene rings is 1. The molecule has 0 saturated carbocycles. The van der Waals surface area contributed by atoms with Crippen LogP contribution in [0.1, 0.15) is 24.6 Å². The van der Waals surface area contributed by atoms with Crippen LogP contribution < -0.4 is 5.32 Å². The zero-order chi connectivity index (χ0) is 13.9. The fourth-order valence-corrected chi connectivity index (χ4v) is 3.10. The third-order valence-corrected chi connectivity index (χ3v) is 4.56. The van der Waals surface area contributed by atoms with E-state index in [-0.39, 0.29) is 11.7 Å². The molecule has 106 valence electrons. The van der Waals surface area contributed by atoms with Crippen LogP contribution >= 0.6 is 11.8 Å². The lowest BCUT2D eigenvalue weighted by Gasteiger charge is -2.07. The largest absolute Gasteiger partial charge is 0.339 e. The van der Waals surface area contributed by atoms with Crippen LogP contribution in [0.3, 0.4) is 0 Å². The van der Waals surface area contributed by atoms with Crippen molar-refractivity contribution in [1.29, 1.82) is 0 Å². The van der Waals surface area contributed by atoms with Crippen molar-refractivity contribution in [2.24, 2.45) is 5.92 Å². The number of nitrogens with zero attached hydrogens (tertiary/aromatic N) is 2. The van der Waals surface area contributed by atoms with Gasteiger partial charge in [-0.25, -0.2) is 4.39 Å². The Balaban J connectivity index is 1.64. The van der Waals surface area contributed by atoms with Crippen molar-refractivity contribution in [2.75, 3.05) is 13.1 Å². The highest BCUT2D eigenvalue weighted by atomic mass is 32.2. The molecule has 1 saturated heterocycles. The van der Waals surface area contributed by atoms with E-state index in [1.165, 1.54) is 17.8 Å². The first kappa shape index (κ1) is 13.6. The first-order chi connectivity index (χ1) is 9.74. The first-order valence-corrected chi connectivity index (χ1v) is 7.63. The molecule has 1 aromatic carbocycles. The van der Waals surface area contributed by atoms with Gasteiger partial charge in [-0.1, -0.05) is 24.2 Å². The summed E-state index contributed by atoms with van der Waals surface area (Å²) in [6.45, 7) is 4.03. The standard InChI is InChI=1S/C14H16FN3OS/c1-9-6-16-7-10(9)14-17-13(18-19-14)8-20-12-5-3-2-4-11(12)15/h2-5,9-10,16H,6-8H2,1H3/t9-,10-/m1/s1. The van der Waals surface area contributed by atoms with Crippen molar-refractivity contribution in [2.45, 2.75) is 23.5 Å². The summed E-state index contributed by atoms with van der Waals surface area (Å²) in [6, 6.07) is 6.71. The minimum absolute atomic E-state index is 0.213. The van der Waals surface area contributed by atoms with E-state index in [1.54, 1.807) is 12.1 Å². The van der Waals surface area contributed by atoms with Crippen molar-refractivity contribution in [3.8, 4) is 0 Å². The molecule has 1 aliphatic heterocycles. The van der Waals surface area contributed by atoms with E-state index in [9.17, 15) is 4.39 Å². The lowest BCUT2D eigenvalue weighted by atomic mass is 9.98. The van der Waals surface area contributed by atoms with Gasteiger partial charge in [0, 0.05) is 11.4 Å². The molecule has 4 nitrogen and oxygen atoms in total. The summed E-state index contributed by atoms with van der Waals surface area (Å²) in [5.74, 6) is 2.39. The Morgan fingerprint density at radius 2 is 2.25 bits per heavy atom.